The third-order valence-electron chi connectivity index (χ3n) is 2.51. The third kappa shape index (κ3) is 6.25. The molecule has 0 bridgehead atoms. The lowest BCUT2D eigenvalue weighted by molar-refractivity contribution is -0.136. The summed E-state index contributed by atoms with van der Waals surface area (Å²) in [5.41, 5.74) is -0.357. The van der Waals surface area contributed by atoms with Gasteiger partial charge >= 0.3 is 0 Å². The number of carbonyl (C=O) groups is 2. The summed E-state index contributed by atoms with van der Waals surface area (Å²) < 4.78 is 18.4. The van der Waals surface area contributed by atoms with Crippen molar-refractivity contribution in [3.63, 3.8) is 0 Å². The number of hydrogen-bond donors (Lipinski definition) is 1. The van der Waals surface area contributed by atoms with Crippen LogP contribution in [0.25, 0.3) is 0 Å². The maximum atomic E-state index is 13.3. The lowest BCUT2D eigenvalue weighted by atomic mass is 10.1. The van der Waals surface area contributed by atoms with Gasteiger partial charge in [0.05, 0.1) is 6.54 Å². The first-order chi connectivity index (χ1) is 9.69. The number of rotatable bonds is 5. The summed E-state index contributed by atoms with van der Waals surface area (Å²) in [4.78, 5) is 24.8. The molecule has 0 spiro atoms. The van der Waals surface area contributed by atoms with E-state index in [1.807, 2.05) is 20.8 Å². The monoisotopic (exact) mass is 296 g/mol. The van der Waals surface area contributed by atoms with E-state index in [9.17, 15) is 14.0 Å². The van der Waals surface area contributed by atoms with Crippen LogP contribution in [0.4, 0.5) is 4.39 Å². The van der Waals surface area contributed by atoms with Crippen molar-refractivity contribution in [1.29, 1.82) is 0 Å². The topological polar surface area (TPSA) is 58.6 Å². The van der Waals surface area contributed by atoms with Crippen molar-refractivity contribution in [2.75, 3.05) is 20.2 Å². The number of benzene rings is 1. The van der Waals surface area contributed by atoms with Crippen molar-refractivity contribution in [2.24, 2.45) is 0 Å². The first-order valence-corrected chi connectivity index (χ1v) is 6.61. The minimum atomic E-state index is -0.529. The van der Waals surface area contributed by atoms with E-state index < -0.39 is 11.7 Å². The standard InChI is InChI=1S/C15H21FN2O3/c1-15(2,3)17-13(19)9-18(4)14(20)10-21-12-8-6-5-7-11(12)16/h5-8H,9-10H2,1-4H3,(H,17,19). The maximum Gasteiger partial charge on any atom is 0.260 e. The summed E-state index contributed by atoms with van der Waals surface area (Å²) in [6.07, 6.45) is 0. The van der Waals surface area contributed by atoms with Gasteiger partial charge in [-0.25, -0.2) is 4.39 Å². The maximum absolute atomic E-state index is 13.3. The number of likely N-dealkylation sites (N-methyl/N-ethyl adjacent to an activating group) is 1. The summed E-state index contributed by atoms with van der Waals surface area (Å²) in [5, 5.41) is 2.75. The van der Waals surface area contributed by atoms with Crippen LogP contribution in [-0.2, 0) is 9.59 Å². The fraction of sp³-hybridized carbons (Fsp3) is 0.467. The van der Waals surface area contributed by atoms with Gasteiger partial charge in [-0.05, 0) is 32.9 Å². The molecule has 0 fully saturated rings. The van der Waals surface area contributed by atoms with Crippen molar-refractivity contribution in [2.45, 2.75) is 26.3 Å². The molecule has 0 aliphatic carbocycles. The predicted molar refractivity (Wildman–Crippen MR) is 77.4 cm³/mol. The molecule has 1 aromatic carbocycles. The van der Waals surface area contributed by atoms with E-state index in [4.69, 9.17) is 4.74 Å². The summed E-state index contributed by atoms with van der Waals surface area (Å²) >= 11 is 0. The third-order valence-corrected chi connectivity index (χ3v) is 2.51. The molecule has 0 unspecified atom stereocenters. The average Bonchev–Trinajstić information content (AvgIpc) is 2.34. The Balaban J connectivity index is 2.45. The average molecular weight is 296 g/mol. The number of amides is 2. The molecule has 0 heterocycles. The van der Waals surface area contributed by atoms with Gasteiger partial charge in [-0.15, -0.1) is 0 Å². The molecule has 0 saturated carbocycles. The van der Waals surface area contributed by atoms with Crippen LogP contribution in [0.1, 0.15) is 20.8 Å². The largest absolute Gasteiger partial charge is 0.481 e. The predicted octanol–water partition coefficient (Wildman–Crippen LogP) is 1.58. The zero-order valence-electron chi connectivity index (χ0n) is 12.8. The van der Waals surface area contributed by atoms with Gasteiger partial charge in [0.2, 0.25) is 5.91 Å². The zero-order valence-corrected chi connectivity index (χ0v) is 12.8. The van der Waals surface area contributed by atoms with Crippen molar-refractivity contribution < 1.29 is 18.7 Å². The molecular formula is C15H21FN2O3. The molecule has 0 atom stereocenters. The summed E-state index contributed by atoms with van der Waals surface area (Å²) in [6, 6.07) is 5.84. The minimum absolute atomic E-state index is 0.0124. The number of halogens is 1. The Labute approximate surface area is 124 Å². The van der Waals surface area contributed by atoms with E-state index in [-0.39, 0.29) is 30.3 Å². The number of carbonyl (C=O) groups excluding carboxylic acids is 2. The van der Waals surface area contributed by atoms with Gasteiger partial charge in [0.15, 0.2) is 18.2 Å². The summed E-state index contributed by atoms with van der Waals surface area (Å²) in [5.74, 6) is -1.18. The van der Waals surface area contributed by atoms with E-state index in [0.717, 1.165) is 0 Å². The second-order valence-corrected chi connectivity index (χ2v) is 5.77. The molecule has 6 heteroatoms. The highest BCUT2D eigenvalue weighted by Gasteiger charge is 2.18. The highest BCUT2D eigenvalue weighted by molar-refractivity contribution is 5.85. The molecule has 0 aliphatic heterocycles. The van der Waals surface area contributed by atoms with Crippen molar-refractivity contribution >= 4 is 11.8 Å². The molecule has 1 aromatic rings. The Morgan fingerprint density at radius 1 is 1.29 bits per heavy atom. The van der Waals surface area contributed by atoms with E-state index >= 15 is 0 Å². The Kier molecular flexibility index (Phi) is 5.69. The molecule has 1 N–H and O–H groups in total. The van der Waals surface area contributed by atoms with Crippen LogP contribution in [0.3, 0.4) is 0 Å². The van der Waals surface area contributed by atoms with Crippen LogP contribution < -0.4 is 10.1 Å². The molecular weight excluding hydrogens is 275 g/mol. The van der Waals surface area contributed by atoms with Gasteiger partial charge in [-0.2, -0.15) is 0 Å². The van der Waals surface area contributed by atoms with Crippen LogP contribution >= 0.6 is 0 Å². The van der Waals surface area contributed by atoms with Crippen molar-refractivity contribution in [1.82, 2.24) is 10.2 Å². The van der Waals surface area contributed by atoms with Gasteiger partial charge in [-0.3, -0.25) is 9.59 Å². The van der Waals surface area contributed by atoms with Crippen molar-refractivity contribution in [3.8, 4) is 5.75 Å². The number of nitrogens with one attached hydrogen (secondary N) is 1. The molecule has 0 radical (unpaired) electrons. The summed E-state index contributed by atoms with van der Waals surface area (Å²) in [6.45, 7) is 5.17. The highest BCUT2D eigenvalue weighted by atomic mass is 19.1. The molecule has 21 heavy (non-hydrogen) atoms. The number of para-hydroxylation sites is 1. The van der Waals surface area contributed by atoms with Crippen LogP contribution in [0.2, 0.25) is 0 Å². The zero-order chi connectivity index (χ0) is 16.0. The van der Waals surface area contributed by atoms with Gasteiger partial charge in [0.25, 0.3) is 5.91 Å². The molecule has 0 aromatic heterocycles. The molecule has 1 rings (SSSR count). The first kappa shape index (κ1) is 16.9. The van der Waals surface area contributed by atoms with Crippen LogP contribution in [0.15, 0.2) is 24.3 Å². The molecule has 0 saturated heterocycles. The normalized spacial score (nSPS) is 10.9. The van der Waals surface area contributed by atoms with Gasteiger partial charge in [0.1, 0.15) is 0 Å². The van der Waals surface area contributed by atoms with Crippen LogP contribution in [-0.4, -0.2) is 42.5 Å². The number of ether oxygens (including phenoxy) is 1. The van der Waals surface area contributed by atoms with E-state index in [1.54, 1.807) is 6.07 Å². The fourth-order valence-electron chi connectivity index (χ4n) is 1.57. The van der Waals surface area contributed by atoms with Gasteiger partial charge in [-0.1, -0.05) is 12.1 Å². The van der Waals surface area contributed by atoms with Crippen LogP contribution in [0, 0.1) is 5.82 Å². The fourth-order valence-corrected chi connectivity index (χ4v) is 1.57. The second-order valence-electron chi connectivity index (χ2n) is 5.77. The van der Waals surface area contributed by atoms with E-state index in [1.165, 1.54) is 30.1 Å². The quantitative estimate of drug-likeness (QED) is 0.897. The summed E-state index contributed by atoms with van der Waals surface area (Å²) in [7, 11) is 1.50. The van der Waals surface area contributed by atoms with Gasteiger partial charge in [0, 0.05) is 12.6 Å². The molecule has 116 valence electrons. The van der Waals surface area contributed by atoms with Crippen molar-refractivity contribution in [3.05, 3.63) is 30.1 Å². The molecule has 0 aliphatic rings. The van der Waals surface area contributed by atoms with Gasteiger partial charge < -0.3 is 15.0 Å². The first-order valence-electron chi connectivity index (χ1n) is 6.61. The lowest BCUT2D eigenvalue weighted by Crippen LogP contribution is -2.47. The molecule has 5 nitrogen and oxygen atoms in total. The minimum Gasteiger partial charge on any atom is -0.481 e. The Morgan fingerprint density at radius 2 is 1.90 bits per heavy atom. The Morgan fingerprint density at radius 3 is 2.48 bits per heavy atom. The van der Waals surface area contributed by atoms with E-state index in [2.05, 4.69) is 5.32 Å². The Hall–Kier alpha value is -2.11. The molecule has 2 amide bonds. The lowest BCUT2D eigenvalue weighted by Gasteiger charge is -2.23. The number of nitrogens with zero attached hydrogens (tertiary/aromatic N) is 1. The van der Waals surface area contributed by atoms with E-state index in [0.29, 0.717) is 0 Å². The highest BCUT2D eigenvalue weighted by Crippen LogP contribution is 2.15. The SMILES string of the molecule is CN(CC(=O)NC(C)(C)C)C(=O)COc1ccccc1F. The van der Waals surface area contributed by atoms with Crippen LogP contribution in [0.5, 0.6) is 5.75 Å². The second kappa shape index (κ2) is 7.06. The smallest absolute Gasteiger partial charge is 0.260 e. The number of hydrogen-bond acceptors (Lipinski definition) is 3. The Bertz CT molecular complexity index is 512.